The summed E-state index contributed by atoms with van der Waals surface area (Å²) < 4.78 is 46.6. The number of anilines is 2. The number of ether oxygens (including phenoxy) is 1. The average molecular weight is 538 g/mol. The number of nitrogens with one attached hydrogen (secondary N) is 3. The molecule has 3 aromatic carbocycles. The summed E-state index contributed by atoms with van der Waals surface area (Å²) in [6, 6.07) is 16.7. The quantitative estimate of drug-likeness (QED) is 0.288. The Balaban J connectivity index is 1.58. The molecule has 0 fully saturated rings. The number of hydrogen-bond acceptors (Lipinski definition) is 6. The molecule has 9 nitrogen and oxygen atoms in total. The van der Waals surface area contributed by atoms with Gasteiger partial charge >= 0.3 is 5.97 Å². The molecule has 11 heteroatoms. The maximum Gasteiger partial charge on any atom is 0.339 e. The van der Waals surface area contributed by atoms with Crippen LogP contribution in [0.1, 0.15) is 29.8 Å². The van der Waals surface area contributed by atoms with E-state index in [-0.39, 0.29) is 27.0 Å². The number of H-pyrrole nitrogens is 1. The molecule has 0 bridgehead atoms. The highest BCUT2D eigenvalue weighted by Gasteiger charge is 2.23. The highest BCUT2D eigenvalue weighted by atomic mass is 32.2. The van der Waals surface area contributed by atoms with Gasteiger partial charge in [-0.15, -0.1) is 0 Å². The van der Waals surface area contributed by atoms with Crippen molar-refractivity contribution in [2.45, 2.75) is 31.3 Å². The van der Waals surface area contributed by atoms with Crippen molar-refractivity contribution in [1.29, 1.82) is 0 Å². The molecular weight excluding hydrogens is 513 g/mol. The van der Waals surface area contributed by atoms with Crippen LogP contribution in [0.15, 0.2) is 82.5 Å². The van der Waals surface area contributed by atoms with Gasteiger partial charge in [-0.3, -0.25) is 14.3 Å². The number of pyridine rings is 1. The molecule has 0 saturated carbocycles. The number of carbonyl (C=O) groups excluding carboxylic acids is 2. The second-order valence-corrected chi connectivity index (χ2v) is 10.1. The third-order valence-electron chi connectivity index (χ3n) is 5.72. The summed E-state index contributed by atoms with van der Waals surface area (Å²) in [4.78, 5) is 40.1. The molecule has 0 saturated heterocycles. The molecule has 0 aliphatic heterocycles. The van der Waals surface area contributed by atoms with E-state index in [0.29, 0.717) is 5.69 Å². The van der Waals surface area contributed by atoms with Crippen molar-refractivity contribution in [2.75, 3.05) is 10.0 Å². The van der Waals surface area contributed by atoms with E-state index in [1.807, 2.05) is 19.1 Å². The van der Waals surface area contributed by atoms with Crippen molar-refractivity contribution in [3.05, 3.63) is 100 Å². The van der Waals surface area contributed by atoms with E-state index >= 15 is 0 Å². The molecule has 0 spiro atoms. The van der Waals surface area contributed by atoms with Gasteiger partial charge < -0.3 is 15.0 Å². The Morgan fingerprint density at radius 2 is 1.63 bits per heavy atom. The number of sulfonamides is 1. The van der Waals surface area contributed by atoms with Crippen LogP contribution in [0, 0.1) is 5.82 Å². The average Bonchev–Trinajstić information content (AvgIpc) is 2.89. The number of halogens is 1. The Labute approximate surface area is 217 Å². The Hall–Kier alpha value is -4.51. The SMILES string of the molecule is CCc1ccc(NC(=O)[C@@H](C)OC(=O)c2cc(=O)[nH]c3ccc(S(=O)(=O)Nc4ccc(F)cc4)cc23)cc1. The van der Waals surface area contributed by atoms with E-state index in [4.69, 9.17) is 4.74 Å². The van der Waals surface area contributed by atoms with Crippen LogP contribution < -0.4 is 15.6 Å². The zero-order chi connectivity index (χ0) is 27.4. The van der Waals surface area contributed by atoms with Crippen molar-refractivity contribution in [1.82, 2.24) is 4.98 Å². The van der Waals surface area contributed by atoms with E-state index in [1.54, 1.807) is 12.1 Å². The molecule has 3 N–H and O–H groups in total. The van der Waals surface area contributed by atoms with Crippen LogP contribution in [0.3, 0.4) is 0 Å². The van der Waals surface area contributed by atoms with Gasteiger partial charge in [0, 0.05) is 28.3 Å². The number of benzene rings is 3. The third kappa shape index (κ3) is 6.06. The van der Waals surface area contributed by atoms with Crippen molar-refractivity contribution in [3.8, 4) is 0 Å². The molecule has 0 aliphatic carbocycles. The number of aromatic nitrogens is 1. The van der Waals surface area contributed by atoms with Crippen molar-refractivity contribution in [2.24, 2.45) is 0 Å². The molecule has 0 aliphatic rings. The summed E-state index contributed by atoms with van der Waals surface area (Å²) in [7, 11) is -4.13. The highest BCUT2D eigenvalue weighted by Crippen LogP contribution is 2.23. The fraction of sp³-hybridized carbons (Fsp3) is 0.148. The van der Waals surface area contributed by atoms with Crippen molar-refractivity contribution in [3.63, 3.8) is 0 Å². The predicted molar refractivity (Wildman–Crippen MR) is 141 cm³/mol. The Bertz CT molecular complexity index is 1670. The smallest absolute Gasteiger partial charge is 0.339 e. The van der Waals surface area contributed by atoms with Crippen molar-refractivity contribution < 1.29 is 27.1 Å². The van der Waals surface area contributed by atoms with Crippen LogP contribution in [0.25, 0.3) is 10.9 Å². The maximum atomic E-state index is 13.2. The minimum absolute atomic E-state index is 0.0966. The van der Waals surface area contributed by atoms with E-state index in [2.05, 4.69) is 15.0 Å². The molecule has 1 amide bonds. The van der Waals surface area contributed by atoms with Crippen LogP contribution in [-0.4, -0.2) is 31.4 Å². The van der Waals surface area contributed by atoms with Gasteiger partial charge in [-0.25, -0.2) is 17.6 Å². The highest BCUT2D eigenvalue weighted by molar-refractivity contribution is 7.92. The summed E-state index contributed by atoms with van der Waals surface area (Å²) >= 11 is 0. The lowest BCUT2D eigenvalue weighted by Gasteiger charge is -2.15. The fourth-order valence-corrected chi connectivity index (χ4v) is 4.73. The van der Waals surface area contributed by atoms with Gasteiger partial charge in [-0.1, -0.05) is 19.1 Å². The Morgan fingerprint density at radius 3 is 2.29 bits per heavy atom. The number of esters is 1. The first-order valence-corrected chi connectivity index (χ1v) is 13.1. The normalized spacial score (nSPS) is 12.1. The Kier molecular flexibility index (Phi) is 7.58. The molecule has 0 radical (unpaired) electrons. The summed E-state index contributed by atoms with van der Waals surface area (Å²) in [6.07, 6.45) is -0.368. The first-order chi connectivity index (χ1) is 18.1. The summed E-state index contributed by atoms with van der Waals surface area (Å²) in [5, 5.41) is 2.76. The van der Waals surface area contributed by atoms with E-state index in [0.717, 1.165) is 30.2 Å². The van der Waals surface area contributed by atoms with Crippen LogP contribution in [0.2, 0.25) is 0 Å². The Morgan fingerprint density at radius 1 is 0.974 bits per heavy atom. The largest absolute Gasteiger partial charge is 0.449 e. The lowest BCUT2D eigenvalue weighted by atomic mass is 10.1. The van der Waals surface area contributed by atoms with Gasteiger partial charge in [0.25, 0.3) is 15.9 Å². The summed E-state index contributed by atoms with van der Waals surface area (Å²) in [5.74, 6) is -2.09. The lowest BCUT2D eigenvalue weighted by molar-refractivity contribution is -0.123. The van der Waals surface area contributed by atoms with Gasteiger partial charge in [-0.2, -0.15) is 0 Å². The molecule has 1 aromatic heterocycles. The second kappa shape index (κ2) is 10.9. The standard InChI is InChI=1S/C27H24FN3O6S/c1-3-17-4-8-19(9-5-17)29-26(33)16(2)37-27(34)23-15-25(32)30-24-13-12-21(14-22(23)24)38(35,36)31-20-10-6-18(28)7-11-20/h4-16,31H,3H2,1-2H3,(H,29,33)(H,30,32)/t16-/m1/s1. The topological polar surface area (TPSA) is 134 Å². The summed E-state index contributed by atoms with van der Waals surface area (Å²) in [6.45, 7) is 3.39. The number of rotatable bonds is 8. The number of aryl methyl sites for hydroxylation is 1. The van der Waals surface area contributed by atoms with Crippen LogP contribution in [0.4, 0.5) is 15.8 Å². The molecule has 4 rings (SSSR count). The van der Waals surface area contributed by atoms with E-state index < -0.39 is 39.4 Å². The van der Waals surface area contributed by atoms with Gasteiger partial charge in [0.05, 0.1) is 10.5 Å². The molecule has 1 atom stereocenters. The summed E-state index contributed by atoms with van der Waals surface area (Å²) in [5.41, 5.74) is 1.13. The number of fused-ring (bicyclic) bond motifs is 1. The number of hydrogen-bond donors (Lipinski definition) is 3. The first-order valence-electron chi connectivity index (χ1n) is 11.6. The van der Waals surface area contributed by atoms with E-state index in [9.17, 15) is 27.2 Å². The number of carbonyl (C=O) groups is 2. The predicted octanol–water partition coefficient (Wildman–Crippen LogP) is 4.21. The molecule has 196 valence electrons. The van der Waals surface area contributed by atoms with E-state index in [1.165, 1.54) is 37.3 Å². The molecule has 4 aromatic rings. The number of amides is 1. The molecule has 1 heterocycles. The van der Waals surface area contributed by atoms with Crippen LogP contribution >= 0.6 is 0 Å². The minimum Gasteiger partial charge on any atom is -0.449 e. The maximum absolute atomic E-state index is 13.2. The van der Waals surface area contributed by atoms with Crippen molar-refractivity contribution >= 4 is 44.2 Å². The van der Waals surface area contributed by atoms with Gasteiger partial charge in [0.1, 0.15) is 5.82 Å². The zero-order valence-electron chi connectivity index (χ0n) is 20.4. The van der Waals surface area contributed by atoms with Crippen LogP contribution in [0.5, 0.6) is 0 Å². The third-order valence-corrected chi connectivity index (χ3v) is 7.10. The molecule has 38 heavy (non-hydrogen) atoms. The molecular formula is C27H24FN3O6S. The van der Waals surface area contributed by atoms with Gasteiger partial charge in [0.2, 0.25) is 5.56 Å². The van der Waals surface area contributed by atoms with Gasteiger partial charge in [0.15, 0.2) is 6.10 Å². The monoisotopic (exact) mass is 537 g/mol. The fourth-order valence-electron chi connectivity index (χ4n) is 3.65. The van der Waals surface area contributed by atoms with Crippen LogP contribution in [-0.2, 0) is 26.0 Å². The van der Waals surface area contributed by atoms with Gasteiger partial charge in [-0.05, 0) is 73.5 Å². The first kappa shape index (κ1) is 26.6. The second-order valence-electron chi connectivity index (χ2n) is 8.45. The lowest BCUT2D eigenvalue weighted by Crippen LogP contribution is -2.30. The number of aromatic amines is 1. The molecule has 0 unspecified atom stereocenters. The minimum atomic E-state index is -4.13. The zero-order valence-corrected chi connectivity index (χ0v) is 21.3.